The van der Waals surface area contributed by atoms with Crippen molar-refractivity contribution < 1.29 is 9.90 Å². The zero-order chi connectivity index (χ0) is 18.1. The molecule has 2 bridgehead atoms. The van der Waals surface area contributed by atoms with Gasteiger partial charge >= 0.3 is 5.97 Å². The monoisotopic (exact) mass is 355 g/mol. The first-order chi connectivity index (χ1) is 12.6. The van der Waals surface area contributed by atoms with Crippen molar-refractivity contribution in [3.8, 4) is 0 Å². The molecule has 4 rings (SSSR count). The summed E-state index contributed by atoms with van der Waals surface area (Å²) in [6.07, 6.45) is 6.47. The van der Waals surface area contributed by atoms with Gasteiger partial charge in [-0.05, 0) is 50.7 Å². The molecule has 26 heavy (non-hydrogen) atoms. The molecule has 2 atom stereocenters. The highest BCUT2D eigenvalue weighted by molar-refractivity contribution is 5.74. The van der Waals surface area contributed by atoms with Crippen LogP contribution in [0.5, 0.6) is 0 Å². The maximum atomic E-state index is 13.2. The largest absolute Gasteiger partial charge is 0.481 e. The fourth-order valence-electron chi connectivity index (χ4n) is 4.58. The lowest BCUT2D eigenvalue weighted by molar-refractivity contribution is -0.137. The Bertz CT molecular complexity index is 864. The number of benzene rings is 1. The molecule has 0 amide bonds. The smallest absolute Gasteiger partial charge is 0.303 e. The highest BCUT2D eigenvalue weighted by atomic mass is 16.4. The first-order valence-corrected chi connectivity index (χ1v) is 9.60. The Morgan fingerprint density at radius 2 is 1.96 bits per heavy atom. The minimum Gasteiger partial charge on any atom is -0.481 e. The van der Waals surface area contributed by atoms with E-state index in [9.17, 15) is 9.59 Å². The summed E-state index contributed by atoms with van der Waals surface area (Å²) in [7, 11) is 0. The van der Waals surface area contributed by atoms with Gasteiger partial charge in [-0.15, -0.1) is 0 Å². The molecular formula is C20H25N3O3. The zero-order valence-corrected chi connectivity index (χ0v) is 14.9. The topological polar surface area (TPSA) is 84.2 Å². The van der Waals surface area contributed by atoms with Gasteiger partial charge in [-0.1, -0.05) is 18.6 Å². The number of fused-ring (bicyclic) bond motifs is 3. The van der Waals surface area contributed by atoms with E-state index < -0.39 is 5.97 Å². The van der Waals surface area contributed by atoms with Crippen molar-refractivity contribution in [3.63, 3.8) is 0 Å². The minimum atomic E-state index is -0.836. The molecular weight excluding hydrogens is 330 g/mol. The minimum absolute atomic E-state index is 0.0425. The van der Waals surface area contributed by atoms with Crippen LogP contribution in [0, 0.1) is 0 Å². The summed E-state index contributed by atoms with van der Waals surface area (Å²) < 4.78 is 1.95. The highest BCUT2D eigenvalue weighted by Gasteiger charge is 2.33. The first kappa shape index (κ1) is 17.2. The maximum absolute atomic E-state index is 13.2. The lowest BCUT2D eigenvalue weighted by Crippen LogP contribution is -2.50. The third-order valence-electron chi connectivity index (χ3n) is 5.72. The molecule has 0 spiro atoms. The molecule has 2 unspecified atom stereocenters. The lowest BCUT2D eigenvalue weighted by atomic mass is 9.84. The zero-order valence-electron chi connectivity index (χ0n) is 14.9. The number of aromatic nitrogens is 2. The number of carboxylic acid groups (broad SMARTS) is 1. The van der Waals surface area contributed by atoms with Gasteiger partial charge in [-0.3, -0.25) is 9.59 Å². The maximum Gasteiger partial charge on any atom is 0.303 e. The summed E-state index contributed by atoms with van der Waals surface area (Å²) in [5.41, 5.74) is 2.17. The number of aryl methyl sites for hydroxylation is 1. The molecule has 1 aromatic heterocycles. The third kappa shape index (κ3) is 3.38. The Labute approximate surface area is 152 Å². The van der Waals surface area contributed by atoms with Crippen LogP contribution in [0.25, 0.3) is 11.0 Å². The SMILES string of the molecule is O=C(O)CCCc1nc2ccccc2n(C2CC3CCCC(C2)N3)c1=O. The quantitative estimate of drug-likeness (QED) is 0.861. The highest BCUT2D eigenvalue weighted by Crippen LogP contribution is 2.33. The van der Waals surface area contributed by atoms with E-state index in [2.05, 4.69) is 10.3 Å². The van der Waals surface area contributed by atoms with E-state index in [1.165, 1.54) is 19.3 Å². The normalized spacial score (nSPS) is 25.3. The average molecular weight is 355 g/mol. The molecule has 2 aliphatic rings. The molecule has 0 aliphatic carbocycles. The molecule has 2 N–H and O–H groups in total. The van der Waals surface area contributed by atoms with E-state index in [0.29, 0.717) is 30.6 Å². The second-order valence-electron chi connectivity index (χ2n) is 7.59. The van der Waals surface area contributed by atoms with Crippen LogP contribution in [-0.4, -0.2) is 32.7 Å². The van der Waals surface area contributed by atoms with Crippen molar-refractivity contribution >= 4 is 17.0 Å². The van der Waals surface area contributed by atoms with Gasteiger partial charge in [0.1, 0.15) is 5.69 Å². The summed E-state index contributed by atoms with van der Waals surface area (Å²) in [5.74, 6) is -0.836. The predicted octanol–water partition coefficient (Wildman–Crippen LogP) is 2.65. The Balaban J connectivity index is 1.73. The molecule has 3 heterocycles. The van der Waals surface area contributed by atoms with Crippen LogP contribution in [0.3, 0.4) is 0 Å². The average Bonchev–Trinajstić information content (AvgIpc) is 2.61. The molecule has 138 valence electrons. The lowest BCUT2D eigenvalue weighted by Gasteiger charge is -2.41. The van der Waals surface area contributed by atoms with Crippen molar-refractivity contribution in [2.24, 2.45) is 0 Å². The fourth-order valence-corrected chi connectivity index (χ4v) is 4.58. The number of hydrogen-bond donors (Lipinski definition) is 2. The fraction of sp³-hybridized carbons (Fsp3) is 0.550. The number of aliphatic carboxylic acids is 1. The van der Waals surface area contributed by atoms with Crippen molar-refractivity contribution in [2.75, 3.05) is 0 Å². The van der Waals surface area contributed by atoms with Crippen LogP contribution < -0.4 is 10.9 Å². The molecule has 2 aromatic rings. The molecule has 2 aliphatic heterocycles. The number of piperidine rings is 2. The summed E-state index contributed by atoms with van der Waals surface area (Å²) in [6.45, 7) is 0. The summed E-state index contributed by atoms with van der Waals surface area (Å²) in [6, 6.07) is 8.96. The number of carbonyl (C=O) groups is 1. The van der Waals surface area contributed by atoms with E-state index in [1.807, 2.05) is 28.8 Å². The van der Waals surface area contributed by atoms with Crippen LogP contribution in [0.1, 0.15) is 56.7 Å². The Morgan fingerprint density at radius 3 is 2.69 bits per heavy atom. The van der Waals surface area contributed by atoms with Gasteiger partial charge in [0.25, 0.3) is 5.56 Å². The van der Waals surface area contributed by atoms with Crippen molar-refractivity contribution in [2.45, 2.75) is 69.5 Å². The van der Waals surface area contributed by atoms with Crippen LogP contribution in [0.15, 0.2) is 29.1 Å². The van der Waals surface area contributed by atoms with Crippen molar-refractivity contribution in [3.05, 3.63) is 40.3 Å². The van der Waals surface area contributed by atoms with Crippen molar-refractivity contribution in [1.82, 2.24) is 14.9 Å². The molecule has 1 aromatic carbocycles. The second-order valence-corrected chi connectivity index (χ2v) is 7.59. The van der Waals surface area contributed by atoms with Gasteiger partial charge in [-0.25, -0.2) is 4.98 Å². The van der Waals surface area contributed by atoms with Gasteiger partial charge in [-0.2, -0.15) is 0 Å². The number of nitrogens with one attached hydrogen (secondary N) is 1. The third-order valence-corrected chi connectivity index (χ3v) is 5.72. The Kier molecular flexibility index (Phi) is 4.76. The van der Waals surface area contributed by atoms with Crippen LogP contribution in [0.4, 0.5) is 0 Å². The summed E-state index contributed by atoms with van der Waals surface area (Å²) >= 11 is 0. The summed E-state index contributed by atoms with van der Waals surface area (Å²) in [5, 5.41) is 12.6. The van der Waals surface area contributed by atoms with Gasteiger partial charge in [0.2, 0.25) is 0 Å². The first-order valence-electron chi connectivity index (χ1n) is 9.60. The summed E-state index contributed by atoms with van der Waals surface area (Å²) in [4.78, 5) is 28.6. The Morgan fingerprint density at radius 1 is 1.23 bits per heavy atom. The predicted molar refractivity (Wildman–Crippen MR) is 99.4 cm³/mol. The molecule has 0 saturated carbocycles. The standard InChI is InChI=1S/C20H25N3O3/c24-19(25)10-4-8-17-20(26)23(18-9-2-1-7-16(18)22-17)15-11-13-5-3-6-14(12-15)21-13/h1-2,7,9,13-15,21H,3-6,8,10-12H2,(H,24,25). The number of rotatable bonds is 5. The number of para-hydroxylation sites is 2. The molecule has 2 saturated heterocycles. The second kappa shape index (κ2) is 7.19. The Hall–Kier alpha value is -2.21. The van der Waals surface area contributed by atoms with Gasteiger partial charge < -0.3 is 15.0 Å². The van der Waals surface area contributed by atoms with Crippen LogP contribution in [0.2, 0.25) is 0 Å². The number of carboxylic acids is 1. The van der Waals surface area contributed by atoms with Crippen LogP contribution >= 0.6 is 0 Å². The van der Waals surface area contributed by atoms with Gasteiger partial charge in [0, 0.05) is 24.5 Å². The van der Waals surface area contributed by atoms with E-state index in [0.717, 1.165) is 23.9 Å². The van der Waals surface area contributed by atoms with Crippen molar-refractivity contribution in [1.29, 1.82) is 0 Å². The number of nitrogens with zero attached hydrogens (tertiary/aromatic N) is 2. The molecule has 6 heteroatoms. The van der Waals surface area contributed by atoms with Gasteiger partial charge in [0.15, 0.2) is 0 Å². The number of hydrogen-bond acceptors (Lipinski definition) is 4. The molecule has 6 nitrogen and oxygen atoms in total. The van der Waals surface area contributed by atoms with Crippen LogP contribution in [-0.2, 0) is 11.2 Å². The molecule has 2 fully saturated rings. The van der Waals surface area contributed by atoms with E-state index in [4.69, 9.17) is 5.11 Å². The van der Waals surface area contributed by atoms with Gasteiger partial charge in [0.05, 0.1) is 11.0 Å². The van der Waals surface area contributed by atoms with E-state index in [1.54, 1.807) is 0 Å². The van der Waals surface area contributed by atoms with E-state index in [-0.39, 0.29) is 18.0 Å². The molecule has 0 radical (unpaired) electrons. The van der Waals surface area contributed by atoms with E-state index >= 15 is 0 Å².